The van der Waals surface area contributed by atoms with E-state index < -0.39 is 0 Å². The van der Waals surface area contributed by atoms with Gasteiger partial charge in [0, 0.05) is 101 Å². The van der Waals surface area contributed by atoms with Crippen LogP contribution in [-0.4, -0.2) is 202 Å². The van der Waals surface area contributed by atoms with Gasteiger partial charge in [-0.25, -0.2) is 0 Å². The predicted molar refractivity (Wildman–Crippen MR) is 551 cm³/mol. The molecule has 6 aromatic heterocycles. The van der Waals surface area contributed by atoms with Crippen molar-refractivity contribution >= 4 is 35.4 Å². The maximum absolute atomic E-state index is 12.6. The minimum atomic E-state index is 0.0126. The normalized spacial score (nSPS) is 15.2. The van der Waals surface area contributed by atoms with E-state index in [1.807, 2.05) is 287 Å². The lowest BCUT2D eigenvalue weighted by Gasteiger charge is -2.30. The highest BCUT2D eigenvalue weighted by molar-refractivity contribution is 5.80. The maximum Gasteiger partial charge on any atom is 0.248 e. The third kappa shape index (κ3) is 32.8. The van der Waals surface area contributed by atoms with E-state index in [0.717, 1.165) is 113 Å². The largest absolute Gasteiger partial charge is 0.472 e. The molecule has 20 rings (SSSR count). The summed E-state index contributed by atoms with van der Waals surface area (Å²) in [6.45, 7) is 34.8. The third-order valence-electron chi connectivity index (χ3n) is 26.2. The quantitative estimate of drug-likeness (QED) is 0.0390. The molecule has 2 aliphatic carbocycles. The van der Waals surface area contributed by atoms with Crippen LogP contribution in [0.25, 0.3) is 0 Å². The molecule has 0 unspecified atom stereocenters. The Kier molecular flexibility index (Phi) is 38.4. The number of carbonyl (C=O) groups excluding carboxylic acids is 6. The summed E-state index contributed by atoms with van der Waals surface area (Å²) in [5.74, 6) is 5.44. The Hall–Kier alpha value is -13.9. The van der Waals surface area contributed by atoms with Gasteiger partial charge in [0.05, 0.1) is 125 Å². The van der Waals surface area contributed by atoms with Crippen LogP contribution in [0.4, 0.5) is 0 Å². The molecule has 0 bridgehead atoms. The second-order valence-corrected chi connectivity index (χ2v) is 40.8. The number of nitrogens with zero attached hydrogens (tertiary/aromatic N) is 18. The van der Waals surface area contributed by atoms with Crippen molar-refractivity contribution in [2.75, 3.05) is 72.3 Å². The minimum Gasteiger partial charge on any atom is -0.472 e. The molecule has 0 radical (unpaired) electrons. The van der Waals surface area contributed by atoms with Gasteiger partial charge in [0.25, 0.3) is 0 Å². The number of rotatable bonds is 31. The molecule has 6 amide bonds. The van der Waals surface area contributed by atoms with Crippen LogP contribution in [0, 0.1) is 22.7 Å². The second-order valence-electron chi connectivity index (χ2n) is 40.8. The molecule has 33 nitrogen and oxygen atoms in total. The number of carbonyl (C=O) groups is 6. The number of aromatic nitrogens is 12. The highest BCUT2D eigenvalue weighted by Gasteiger charge is 2.34. The molecule has 146 heavy (non-hydrogen) atoms. The van der Waals surface area contributed by atoms with Gasteiger partial charge >= 0.3 is 0 Å². The first-order valence-corrected chi connectivity index (χ1v) is 51.6. The maximum atomic E-state index is 12.6. The number of benzene rings is 6. The lowest BCUT2D eigenvalue weighted by Crippen LogP contribution is -2.41. The summed E-state index contributed by atoms with van der Waals surface area (Å²) in [5.41, 5.74) is 12.9. The van der Waals surface area contributed by atoms with Crippen molar-refractivity contribution in [2.24, 2.45) is 22.7 Å². The third-order valence-corrected chi connectivity index (χ3v) is 26.2. The van der Waals surface area contributed by atoms with Crippen molar-refractivity contribution in [3.05, 3.63) is 286 Å². The van der Waals surface area contributed by atoms with Crippen molar-refractivity contribution in [3.8, 4) is 35.3 Å². The number of amides is 6. The van der Waals surface area contributed by atoms with Gasteiger partial charge in [0.1, 0.15) is 59.5 Å². The van der Waals surface area contributed by atoms with Crippen LogP contribution < -0.4 is 28.4 Å². The molecule has 33 heteroatoms. The Morgan fingerprint density at radius 3 is 0.836 bits per heavy atom. The molecule has 0 saturated heterocycles. The lowest BCUT2D eigenvalue weighted by molar-refractivity contribution is -0.139. The van der Waals surface area contributed by atoms with Gasteiger partial charge in [-0.15, -0.1) is 30.6 Å². The highest BCUT2D eigenvalue weighted by Crippen LogP contribution is 2.34. The van der Waals surface area contributed by atoms with Crippen LogP contribution >= 0.6 is 0 Å². The minimum absolute atomic E-state index is 0.0126. The molecular formula is C113H144N18O15. The SMILES string of the molecule is CC(C)(C)CC(=O)N1CCn2nc(OCc3ccccc3)cc2C1.CC(C)(C)COCC(=O)N1CCn2nc(OCc3ccccc3)cc2C1.CC(C)OCC(=O)N1CCn2nc(OCc3ccccc3)cc2C1.CCOCC(=O)N1CCn2nc(OCc3ccccc3)cc2C1.O=C(C1CCCC1)N1CCn2nc(OCc3ccccc3)cc2C1.O=C(CC1CCCC1)N1CCn2nc(OCc3ccccc3)cc2C1. The molecule has 6 aromatic carbocycles. The fourth-order valence-corrected chi connectivity index (χ4v) is 18.2. The zero-order valence-corrected chi connectivity index (χ0v) is 86.3. The van der Waals surface area contributed by atoms with Crippen LogP contribution in [0.2, 0.25) is 0 Å². The first-order chi connectivity index (χ1) is 70.8. The molecule has 776 valence electrons. The van der Waals surface area contributed by atoms with E-state index >= 15 is 0 Å². The summed E-state index contributed by atoms with van der Waals surface area (Å²) in [4.78, 5) is 85.4. The average molecular weight is 1990 g/mol. The Morgan fingerprint density at radius 1 is 0.308 bits per heavy atom. The fraction of sp³-hybridized carbons (Fsp3) is 0.469. The number of ether oxygens (including phenoxy) is 9. The molecule has 12 aromatic rings. The summed E-state index contributed by atoms with van der Waals surface area (Å²) in [6.07, 6.45) is 10.8. The van der Waals surface area contributed by atoms with Gasteiger partial charge in [-0.2, -0.15) is 0 Å². The van der Waals surface area contributed by atoms with Gasteiger partial charge in [0.2, 0.25) is 70.7 Å². The first-order valence-electron chi connectivity index (χ1n) is 51.6. The van der Waals surface area contributed by atoms with Crippen LogP contribution in [0.3, 0.4) is 0 Å². The molecular weight excluding hydrogens is 1850 g/mol. The molecule has 6 aliphatic heterocycles. The Balaban J connectivity index is 0.000000132. The van der Waals surface area contributed by atoms with E-state index in [2.05, 4.69) is 72.1 Å². The van der Waals surface area contributed by atoms with E-state index in [9.17, 15) is 28.8 Å². The second kappa shape index (κ2) is 52.7. The van der Waals surface area contributed by atoms with Crippen LogP contribution in [0.15, 0.2) is 218 Å². The standard InChI is InChI=1S/C20H27N3O3.C20H25N3O2.C19H23N3O2.C19H25N3O2.C18H23N3O3.C17H21N3O3/c1-20(2,3)15-25-14-19(24)22-9-10-23-17(12-22)11-18(21-23)26-13-16-7-5-4-6-8-16;24-20(12-16-6-4-5-7-16)22-10-11-23-18(14-22)13-19(21-23)25-15-17-8-2-1-3-9-17;23-19(16-8-4-5-9-16)21-10-11-22-17(13-21)12-18(20-22)24-14-15-6-2-1-3-7-15;1-19(2,3)12-18(23)21-9-10-22-16(13-21)11-17(20-22)24-14-15-7-5-4-6-8-15;1-14(2)23-13-18(22)20-8-9-21-16(11-20)10-17(19-21)24-12-15-6-4-3-5-7-15;1-2-22-13-17(21)19-8-9-20-15(11-19)10-16(18-20)23-12-14-6-4-3-5-7-14/h4-8,11H,9-10,12-15H2,1-3H3;1-3,8-9,13,16H,4-7,10-12,14-15H2;1-3,6-7,12,16H,4-5,8-11,13-14H2;4-8,11H,9-10,12-14H2,1-3H3;3-7,10,14H,8-9,11-13H2,1-2H3;3-7,10H,2,8-9,11-13H2,1H3. The van der Waals surface area contributed by atoms with Gasteiger partial charge in [-0.3, -0.25) is 56.9 Å². The van der Waals surface area contributed by atoms with E-state index in [-0.39, 0.29) is 66.3 Å². The summed E-state index contributed by atoms with van der Waals surface area (Å²) in [7, 11) is 0. The van der Waals surface area contributed by atoms with Crippen molar-refractivity contribution in [1.29, 1.82) is 0 Å². The van der Waals surface area contributed by atoms with Crippen molar-refractivity contribution in [3.63, 3.8) is 0 Å². The number of hydrogen-bond donors (Lipinski definition) is 0. The zero-order valence-electron chi connectivity index (χ0n) is 86.3. The van der Waals surface area contributed by atoms with Gasteiger partial charge in [-0.05, 0) is 96.6 Å². The molecule has 2 saturated carbocycles. The summed E-state index contributed by atoms with van der Waals surface area (Å²) in [5, 5.41) is 26.9. The molecule has 8 aliphatic rings. The van der Waals surface area contributed by atoms with Crippen LogP contribution in [0.5, 0.6) is 35.3 Å². The fourth-order valence-electron chi connectivity index (χ4n) is 18.2. The summed E-state index contributed by atoms with van der Waals surface area (Å²) < 4.78 is 62.5. The van der Waals surface area contributed by atoms with E-state index in [1.165, 1.54) is 38.5 Å². The van der Waals surface area contributed by atoms with E-state index in [4.69, 9.17) is 42.6 Å². The molecule has 12 heterocycles. The van der Waals surface area contributed by atoms with Crippen LogP contribution in [0.1, 0.15) is 194 Å². The monoisotopic (exact) mass is 1990 g/mol. The molecule has 0 N–H and O–H groups in total. The molecule has 0 atom stereocenters. The molecule has 0 spiro atoms. The zero-order chi connectivity index (χ0) is 102. The average Bonchev–Trinajstić information content (AvgIpc) is 1.66. The van der Waals surface area contributed by atoms with Crippen LogP contribution in [-0.2, 0) is 161 Å². The predicted octanol–water partition coefficient (Wildman–Crippen LogP) is 16.6. The van der Waals surface area contributed by atoms with E-state index in [0.29, 0.717) is 204 Å². The topological polar surface area (TPSA) is 312 Å². The van der Waals surface area contributed by atoms with Gasteiger partial charge < -0.3 is 72.0 Å². The number of fused-ring (bicyclic) bond motifs is 6. The van der Waals surface area contributed by atoms with Crippen molar-refractivity contribution in [1.82, 2.24) is 88.1 Å². The van der Waals surface area contributed by atoms with Crippen molar-refractivity contribution in [2.45, 2.75) is 251 Å². The van der Waals surface area contributed by atoms with Gasteiger partial charge in [0.15, 0.2) is 0 Å². The van der Waals surface area contributed by atoms with E-state index in [1.54, 1.807) is 9.80 Å². The lowest BCUT2D eigenvalue weighted by atomic mass is 9.91. The van der Waals surface area contributed by atoms with Gasteiger partial charge in [-0.1, -0.05) is 249 Å². The molecule has 2 fully saturated rings. The summed E-state index contributed by atoms with van der Waals surface area (Å²) >= 11 is 0. The number of hydrogen-bond acceptors (Lipinski definition) is 21. The summed E-state index contributed by atoms with van der Waals surface area (Å²) in [6, 6.07) is 71.8. The highest BCUT2D eigenvalue weighted by atomic mass is 16.5. The first kappa shape index (κ1) is 106. The Bertz CT molecular complexity index is 6100. The Labute approximate surface area is 857 Å². The smallest absolute Gasteiger partial charge is 0.248 e. The van der Waals surface area contributed by atoms with Crippen molar-refractivity contribution < 1.29 is 71.4 Å². The Morgan fingerprint density at radius 2 is 0.562 bits per heavy atom.